The maximum atomic E-state index is 9.46. The van der Waals surface area contributed by atoms with Crippen molar-refractivity contribution in [1.29, 1.82) is 0 Å². The third-order valence-corrected chi connectivity index (χ3v) is 1.90. The van der Waals surface area contributed by atoms with Crippen LogP contribution in [-0.4, -0.2) is 16.7 Å². The van der Waals surface area contributed by atoms with Gasteiger partial charge in [-0.05, 0) is 24.5 Å². The van der Waals surface area contributed by atoms with Crippen LogP contribution >= 0.6 is 0 Å². The summed E-state index contributed by atoms with van der Waals surface area (Å²) < 4.78 is 5.32. The van der Waals surface area contributed by atoms with Gasteiger partial charge in [-0.1, -0.05) is 20.8 Å². The number of aromatic nitrogens is 1. The second-order valence-corrected chi connectivity index (χ2v) is 3.56. The van der Waals surface area contributed by atoms with Gasteiger partial charge in [0.2, 0.25) is 0 Å². The number of nitrogens with zero attached hydrogens (tertiary/aromatic N) is 1. The summed E-state index contributed by atoms with van der Waals surface area (Å²) in [5.41, 5.74) is 0.939. The molecule has 0 saturated carbocycles. The highest BCUT2D eigenvalue weighted by Crippen LogP contribution is 2.25. The Kier molecular flexibility index (Phi) is 3.74. The first-order valence-electron chi connectivity index (χ1n) is 4.97. The normalized spacial score (nSPS) is 10.6. The van der Waals surface area contributed by atoms with Gasteiger partial charge in [0.25, 0.3) is 5.88 Å². The zero-order valence-electron chi connectivity index (χ0n) is 8.95. The van der Waals surface area contributed by atoms with Crippen molar-refractivity contribution in [1.82, 2.24) is 4.98 Å². The minimum absolute atomic E-state index is 0.114. The molecule has 0 spiro atoms. The van der Waals surface area contributed by atoms with Crippen LogP contribution in [0.3, 0.4) is 0 Å². The van der Waals surface area contributed by atoms with E-state index in [1.807, 2.05) is 13.0 Å². The summed E-state index contributed by atoms with van der Waals surface area (Å²) in [4.78, 5) is 4.24. The van der Waals surface area contributed by atoms with Crippen LogP contribution in [0, 0.1) is 0 Å². The van der Waals surface area contributed by atoms with Crippen molar-refractivity contribution in [3.05, 3.63) is 17.8 Å². The lowest BCUT2D eigenvalue weighted by Crippen LogP contribution is -2.00. The minimum Gasteiger partial charge on any atom is -0.503 e. The standard InChI is InChI=1S/C11H17NO2/c1-4-7-14-11-10(13)6-5-9(12-11)8(2)3/h5-6,8,13H,4,7H2,1-3H3. The molecule has 0 radical (unpaired) electrons. The highest BCUT2D eigenvalue weighted by Gasteiger charge is 2.07. The fourth-order valence-electron chi connectivity index (χ4n) is 1.07. The number of rotatable bonds is 4. The van der Waals surface area contributed by atoms with Gasteiger partial charge in [-0.25, -0.2) is 4.98 Å². The van der Waals surface area contributed by atoms with Gasteiger partial charge in [0.15, 0.2) is 5.75 Å². The molecule has 1 heterocycles. The lowest BCUT2D eigenvalue weighted by molar-refractivity contribution is 0.286. The zero-order chi connectivity index (χ0) is 10.6. The first-order chi connectivity index (χ1) is 6.65. The molecule has 1 rings (SSSR count). The third-order valence-electron chi connectivity index (χ3n) is 1.90. The maximum absolute atomic E-state index is 9.46. The second kappa shape index (κ2) is 4.84. The monoisotopic (exact) mass is 195 g/mol. The molecule has 0 unspecified atom stereocenters. The largest absolute Gasteiger partial charge is 0.503 e. The van der Waals surface area contributed by atoms with Crippen molar-refractivity contribution in [3.8, 4) is 11.6 Å². The minimum atomic E-state index is 0.114. The van der Waals surface area contributed by atoms with Crippen molar-refractivity contribution in [3.63, 3.8) is 0 Å². The van der Waals surface area contributed by atoms with E-state index in [2.05, 4.69) is 18.8 Å². The van der Waals surface area contributed by atoms with Gasteiger partial charge in [-0.2, -0.15) is 0 Å². The summed E-state index contributed by atoms with van der Waals surface area (Å²) in [5, 5.41) is 9.46. The fraction of sp³-hybridized carbons (Fsp3) is 0.545. The zero-order valence-corrected chi connectivity index (χ0v) is 8.95. The Labute approximate surface area is 84.7 Å². The van der Waals surface area contributed by atoms with E-state index in [1.165, 1.54) is 0 Å². The van der Waals surface area contributed by atoms with Gasteiger partial charge < -0.3 is 9.84 Å². The first-order valence-corrected chi connectivity index (χ1v) is 4.97. The molecule has 78 valence electrons. The van der Waals surface area contributed by atoms with E-state index in [1.54, 1.807) is 6.07 Å². The molecule has 1 aromatic heterocycles. The summed E-state index contributed by atoms with van der Waals surface area (Å²) >= 11 is 0. The molecule has 0 aliphatic carbocycles. The molecule has 0 saturated heterocycles. The molecule has 0 atom stereocenters. The number of pyridine rings is 1. The van der Waals surface area contributed by atoms with Crippen LogP contribution in [0.15, 0.2) is 12.1 Å². The molecular weight excluding hydrogens is 178 g/mol. The van der Waals surface area contributed by atoms with Crippen LogP contribution < -0.4 is 4.74 Å². The number of hydrogen-bond donors (Lipinski definition) is 1. The molecule has 1 aromatic rings. The van der Waals surface area contributed by atoms with Gasteiger partial charge >= 0.3 is 0 Å². The Morgan fingerprint density at radius 3 is 2.71 bits per heavy atom. The summed E-state index contributed by atoms with van der Waals surface area (Å²) in [6.45, 7) is 6.72. The van der Waals surface area contributed by atoms with Crippen LogP contribution in [0.25, 0.3) is 0 Å². The first kappa shape index (κ1) is 10.8. The number of ether oxygens (including phenoxy) is 1. The van der Waals surface area contributed by atoms with E-state index in [0.29, 0.717) is 18.4 Å². The predicted molar refractivity (Wildman–Crippen MR) is 55.8 cm³/mol. The Hall–Kier alpha value is -1.25. The van der Waals surface area contributed by atoms with Crippen LogP contribution in [0.5, 0.6) is 11.6 Å². The molecular formula is C11H17NO2. The van der Waals surface area contributed by atoms with Crippen molar-refractivity contribution in [2.75, 3.05) is 6.61 Å². The van der Waals surface area contributed by atoms with E-state index >= 15 is 0 Å². The van der Waals surface area contributed by atoms with E-state index in [9.17, 15) is 5.11 Å². The van der Waals surface area contributed by atoms with Crippen molar-refractivity contribution < 1.29 is 9.84 Å². The Balaban J connectivity index is 2.85. The van der Waals surface area contributed by atoms with E-state index in [-0.39, 0.29) is 5.75 Å². The lowest BCUT2D eigenvalue weighted by Gasteiger charge is -2.09. The Morgan fingerprint density at radius 2 is 2.14 bits per heavy atom. The van der Waals surface area contributed by atoms with Crippen LogP contribution in [0.1, 0.15) is 38.8 Å². The lowest BCUT2D eigenvalue weighted by atomic mass is 10.1. The smallest absolute Gasteiger partial charge is 0.257 e. The van der Waals surface area contributed by atoms with Crippen molar-refractivity contribution in [2.24, 2.45) is 0 Å². The molecule has 0 bridgehead atoms. The average molecular weight is 195 g/mol. The molecule has 0 aliphatic heterocycles. The van der Waals surface area contributed by atoms with Crippen molar-refractivity contribution in [2.45, 2.75) is 33.1 Å². The highest BCUT2D eigenvalue weighted by atomic mass is 16.5. The number of hydrogen-bond acceptors (Lipinski definition) is 3. The van der Waals surface area contributed by atoms with Gasteiger partial charge in [-0.15, -0.1) is 0 Å². The Bertz CT molecular complexity index is 297. The quantitative estimate of drug-likeness (QED) is 0.803. The van der Waals surface area contributed by atoms with Crippen molar-refractivity contribution >= 4 is 0 Å². The fourth-order valence-corrected chi connectivity index (χ4v) is 1.07. The second-order valence-electron chi connectivity index (χ2n) is 3.56. The third kappa shape index (κ3) is 2.62. The molecule has 3 nitrogen and oxygen atoms in total. The predicted octanol–water partition coefficient (Wildman–Crippen LogP) is 2.70. The molecule has 1 N–H and O–H groups in total. The SMILES string of the molecule is CCCOc1nc(C(C)C)ccc1O. The Morgan fingerprint density at radius 1 is 1.43 bits per heavy atom. The van der Waals surface area contributed by atoms with Gasteiger partial charge in [0.1, 0.15) is 0 Å². The summed E-state index contributed by atoms with van der Waals surface area (Å²) in [6, 6.07) is 3.45. The van der Waals surface area contributed by atoms with Gasteiger partial charge in [-0.3, -0.25) is 0 Å². The van der Waals surface area contributed by atoms with Crippen LogP contribution in [-0.2, 0) is 0 Å². The van der Waals surface area contributed by atoms with Crippen LogP contribution in [0.2, 0.25) is 0 Å². The molecule has 0 aromatic carbocycles. The molecule has 0 aliphatic rings. The highest BCUT2D eigenvalue weighted by molar-refractivity contribution is 5.33. The van der Waals surface area contributed by atoms with E-state index < -0.39 is 0 Å². The average Bonchev–Trinajstić information content (AvgIpc) is 2.16. The molecule has 0 fully saturated rings. The van der Waals surface area contributed by atoms with E-state index in [0.717, 1.165) is 12.1 Å². The molecule has 0 amide bonds. The topological polar surface area (TPSA) is 42.4 Å². The van der Waals surface area contributed by atoms with Gasteiger partial charge in [0.05, 0.1) is 6.61 Å². The summed E-state index contributed by atoms with van der Waals surface area (Å²) in [6.07, 6.45) is 0.910. The maximum Gasteiger partial charge on any atom is 0.257 e. The molecule has 3 heteroatoms. The molecule has 14 heavy (non-hydrogen) atoms. The van der Waals surface area contributed by atoms with Gasteiger partial charge in [0, 0.05) is 5.69 Å². The summed E-state index contributed by atoms with van der Waals surface area (Å²) in [5.74, 6) is 0.806. The van der Waals surface area contributed by atoms with Crippen LogP contribution in [0.4, 0.5) is 0 Å². The number of aromatic hydroxyl groups is 1. The summed E-state index contributed by atoms with van der Waals surface area (Å²) in [7, 11) is 0. The van der Waals surface area contributed by atoms with E-state index in [4.69, 9.17) is 4.74 Å².